The fourth-order valence-electron chi connectivity index (χ4n) is 1.03. The molecule has 0 N–H and O–H groups in total. The highest BCUT2D eigenvalue weighted by Crippen LogP contribution is 2.12. The van der Waals surface area contributed by atoms with Crippen LogP contribution in [0.25, 0.3) is 6.08 Å². The van der Waals surface area contributed by atoms with Crippen molar-refractivity contribution in [2.75, 3.05) is 7.11 Å². The van der Waals surface area contributed by atoms with Crippen molar-refractivity contribution >= 4 is 23.6 Å². The molecule has 0 radical (unpaired) electrons. The van der Waals surface area contributed by atoms with Crippen LogP contribution in [-0.4, -0.2) is 13.1 Å². The summed E-state index contributed by atoms with van der Waals surface area (Å²) in [5.74, 6) is -0.319. The smallest absolute Gasteiger partial charge is 0.333 e. The Morgan fingerprint density at radius 1 is 1.36 bits per heavy atom. The predicted molar refractivity (Wildman–Crippen MR) is 57.1 cm³/mol. The molecule has 0 aliphatic rings. The van der Waals surface area contributed by atoms with Crippen LogP contribution in [0.5, 0.6) is 0 Å². The molecule has 0 fully saturated rings. The summed E-state index contributed by atoms with van der Waals surface area (Å²) in [6.07, 6.45) is 1.75. The Kier molecular flexibility index (Phi) is 3.72. The third-order valence-electron chi connectivity index (χ3n) is 1.76. The van der Waals surface area contributed by atoms with Gasteiger partial charge in [0.25, 0.3) is 0 Å². The summed E-state index contributed by atoms with van der Waals surface area (Å²) in [7, 11) is 1.36. The summed E-state index contributed by atoms with van der Waals surface area (Å²) in [4.78, 5) is 11.1. The first kappa shape index (κ1) is 10.8. The van der Waals surface area contributed by atoms with Crippen molar-refractivity contribution in [1.82, 2.24) is 0 Å². The monoisotopic (exact) mass is 210 g/mol. The van der Waals surface area contributed by atoms with Crippen LogP contribution in [0, 0.1) is 0 Å². The molecule has 0 spiro atoms. The zero-order valence-corrected chi connectivity index (χ0v) is 8.84. The minimum Gasteiger partial charge on any atom is -0.466 e. The van der Waals surface area contributed by atoms with Gasteiger partial charge in [-0.3, -0.25) is 0 Å². The molecule has 1 aromatic carbocycles. The van der Waals surface area contributed by atoms with E-state index >= 15 is 0 Å². The summed E-state index contributed by atoms with van der Waals surface area (Å²) in [5.41, 5.74) is 1.49. The lowest BCUT2D eigenvalue weighted by molar-refractivity contribution is -0.135. The van der Waals surface area contributed by atoms with Crippen molar-refractivity contribution in [3.63, 3.8) is 0 Å². The van der Waals surface area contributed by atoms with E-state index in [2.05, 4.69) is 4.74 Å². The van der Waals surface area contributed by atoms with Gasteiger partial charge in [-0.15, -0.1) is 0 Å². The number of halogens is 1. The highest BCUT2D eigenvalue weighted by molar-refractivity contribution is 6.30. The Bertz CT molecular complexity index is 352. The van der Waals surface area contributed by atoms with Gasteiger partial charge in [0.15, 0.2) is 0 Å². The molecular formula is C11H11ClO2. The van der Waals surface area contributed by atoms with E-state index in [9.17, 15) is 4.79 Å². The zero-order valence-electron chi connectivity index (χ0n) is 8.08. The number of methoxy groups -OCH3 is 1. The van der Waals surface area contributed by atoms with Gasteiger partial charge in [-0.1, -0.05) is 23.7 Å². The zero-order chi connectivity index (χ0) is 10.6. The van der Waals surface area contributed by atoms with Crippen LogP contribution in [0.4, 0.5) is 0 Å². The van der Waals surface area contributed by atoms with E-state index in [1.165, 1.54) is 7.11 Å². The average Bonchev–Trinajstić information content (AvgIpc) is 2.20. The van der Waals surface area contributed by atoms with Gasteiger partial charge in [-0.25, -0.2) is 4.79 Å². The van der Waals surface area contributed by atoms with Crippen molar-refractivity contribution in [2.24, 2.45) is 0 Å². The lowest BCUT2D eigenvalue weighted by atomic mass is 10.1. The second-order valence-corrected chi connectivity index (χ2v) is 3.31. The van der Waals surface area contributed by atoms with Gasteiger partial charge < -0.3 is 4.74 Å². The lowest BCUT2D eigenvalue weighted by Gasteiger charge is -1.99. The van der Waals surface area contributed by atoms with Gasteiger partial charge >= 0.3 is 5.97 Å². The van der Waals surface area contributed by atoms with Gasteiger partial charge in [0, 0.05) is 10.6 Å². The molecule has 2 nitrogen and oxygen atoms in total. The molecule has 0 aliphatic carbocycles. The summed E-state index contributed by atoms with van der Waals surface area (Å²) < 4.78 is 4.57. The summed E-state index contributed by atoms with van der Waals surface area (Å²) in [6, 6.07) is 7.24. The SMILES string of the molecule is COC(=O)/C(C)=C/c1ccc(Cl)cc1. The standard InChI is InChI=1S/C11H11ClO2/c1-8(11(13)14-2)7-9-3-5-10(12)6-4-9/h3-7H,1-2H3/b8-7+. The van der Waals surface area contributed by atoms with Gasteiger partial charge in [0.1, 0.15) is 0 Å². The van der Waals surface area contributed by atoms with Gasteiger partial charge in [-0.05, 0) is 30.7 Å². The molecule has 0 saturated heterocycles. The molecule has 1 aromatic rings. The Morgan fingerprint density at radius 3 is 2.43 bits per heavy atom. The highest BCUT2D eigenvalue weighted by atomic mass is 35.5. The third kappa shape index (κ3) is 2.89. The average molecular weight is 211 g/mol. The Hall–Kier alpha value is -1.28. The Labute approximate surface area is 88.1 Å². The van der Waals surface area contributed by atoms with E-state index in [1.54, 1.807) is 25.1 Å². The Balaban J connectivity index is 2.86. The van der Waals surface area contributed by atoms with Gasteiger partial charge in [0.05, 0.1) is 7.11 Å². The fraction of sp³-hybridized carbons (Fsp3) is 0.182. The van der Waals surface area contributed by atoms with Crippen LogP contribution >= 0.6 is 11.6 Å². The Morgan fingerprint density at radius 2 is 1.93 bits per heavy atom. The second kappa shape index (κ2) is 4.82. The van der Waals surface area contributed by atoms with E-state index in [4.69, 9.17) is 11.6 Å². The molecule has 0 amide bonds. The van der Waals surface area contributed by atoms with Crippen molar-refractivity contribution in [3.8, 4) is 0 Å². The molecule has 0 heterocycles. The van der Waals surface area contributed by atoms with Crippen LogP contribution in [0.1, 0.15) is 12.5 Å². The van der Waals surface area contributed by atoms with Crippen LogP contribution < -0.4 is 0 Å². The van der Waals surface area contributed by atoms with E-state index in [0.29, 0.717) is 10.6 Å². The van der Waals surface area contributed by atoms with Crippen molar-refractivity contribution in [2.45, 2.75) is 6.92 Å². The molecular weight excluding hydrogens is 200 g/mol. The quantitative estimate of drug-likeness (QED) is 0.554. The number of ether oxygens (including phenoxy) is 1. The maximum absolute atomic E-state index is 11.1. The molecule has 14 heavy (non-hydrogen) atoms. The van der Waals surface area contributed by atoms with Crippen LogP contribution in [-0.2, 0) is 9.53 Å². The lowest BCUT2D eigenvalue weighted by Crippen LogP contribution is -2.00. The minimum atomic E-state index is -0.319. The first-order chi connectivity index (χ1) is 6.63. The van der Waals surface area contributed by atoms with Crippen molar-refractivity contribution in [1.29, 1.82) is 0 Å². The number of hydrogen-bond acceptors (Lipinski definition) is 2. The highest BCUT2D eigenvalue weighted by Gasteiger charge is 2.02. The topological polar surface area (TPSA) is 26.3 Å². The van der Waals surface area contributed by atoms with E-state index < -0.39 is 0 Å². The number of benzene rings is 1. The first-order valence-corrected chi connectivity index (χ1v) is 4.53. The molecule has 0 atom stereocenters. The molecule has 1 rings (SSSR count). The summed E-state index contributed by atoms with van der Waals surface area (Å²) in [5, 5.41) is 0.679. The fourth-order valence-corrected chi connectivity index (χ4v) is 1.15. The van der Waals surface area contributed by atoms with Crippen molar-refractivity contribution in [3.05, 3.63) is 40.4 Å². The summed E-state index contributed by atoms with van der Waals surface area (Å²) >= 11 is 5.73. The van der Waals surface area contributed by atoms with E-state index in [0.717, 1.165) is 5.56 Å². The maximum Gasteiger partial charge on any atom is 0.333 e. The van der Waals surface area contributed by atoms with Gasteiger partial charge in [0.2, 0.25) is 0 Å². The van der Waals surface area contributed by atoms with Crippen LogP contribution in [0.15, 0.2) is 29.8 Å². The molecule has 0 aromatic heterocycles. The van der Waals surface area contributed by atoms with Crippen LogP contribution in [0.3, 0.4) is 0 Å². The predicted octanol–water partition coefficient (Wildman–Crippen LogP) is 2.92. The van der Waals surface area contributed by atoms with Crippen LogP contribution in [0.2, 0.25) is 5.02 Å². The first-order valence-electron chi connectivity index (χ1n) is 4.15. The summed E-state index contributed by atoms with van der Waals surface area (Å²) in [6.45, 7) is 1.71. The van der Waals surface area contributed by atoms with E-state index in [1.807, 2.05) is 12.1 Å². The number of rotatable bonds is 2. The molecule has 0 unspecified atom stereocenters. The molecule has 0 bridgehead atoms. The molecule has 3 heteroatoms. The third-order valence-corrected chi connectivity index (χ3v) is 2.01. The number of hydrogen-bond donors (Lipinski definition) is 0. The van der Waals surface area contributed by atoms with E-state index in [-0.39, 0.29) is 5.97 Å². The second-order valence-electron chi connectivity index (χ2n) is 2.87. The maximum atomic E-state index is 11.1. The van der Waals surface area contributed by atoms with Gasteiger partial charge in [-0.2, -0.15) is 0 Å². The largest absolute Gasteiger partial charge is 0.466 e. The minimum absolute atomic E-state index is 0.319. The van der Waals surface area contributed by atoms with Crippen molar-refractivity contribution < 1.29 is 9.53 Å². The molecule has 0 aliphatic heterocycles. The molecule has 74 valence electrons. The number of esters is 1. The normalized spacial score (nSPS) is 11.2. The molecule has 0 saturated carbocycles. The number of carbonyl (C=O) groups is 1. The number of carbonyl (C=O) groups excluding carboxylic acids is 1.